The van der Waals surface area contributed by atoms with Gasteiger partial charge in [0.15, 0.2) is 5.76 Å². The van der Waals surface area contributed by atoms with Gasteiger partial charge in [-0.15, -0.1) is 0 Å². The van der Waals surface area contributed by atoms with Crippen LogP contribution in [-0.4, -0.2) is 40.7 Å². The van der Waals surface area contributed by atoms with Gasteiger partial charge in [0.25, 0.3) is 0 Å². The summed E-state index contributed by atoms with van der Waals surface area (Å²) >= 11 is 0. The molecule has 2 atom stereocenters. The molecule has 3 aromatic rings. The summed E-state index contributed by atoms with van der Waals surface area (Å²) in [5.74, 6) is -0.410. The van der Waals surface area contributed by atoms with Crippen LogP contribution in [0.15, 0.2) is 47.4 Å². The molecule has 1 aliphatic heterocycles. The third-order valence-electron chi connectivity index (χ3n) is 4.00. The number of ether oxygens (including phenoxy) is 3. The van der Waals surface area contributed by atoms with Gasteiger partial charge in [0.1, 0.15) is 30.9 Å². The molecule has 7 nitrogen and oxygen atoms in total. The van der Waals surface area contributed by atoms with E-state index < -0.39 is 5.79 Å². The average molecular weight is 329 g/mol. The van der Waals surface area contributed by atoms with E-state index in [0.29, 0.717) is 32.1 Å². The van der Waals surface area contributed by atoms with Crippen LogP contribution in [0.2, 0.25) is 0 Å². The average Bonchev–Trinajstić information content (AvgIpc) is 3.33. The Bertz CT molecular complexity index is 768. The van der Waals surface area contributed by atoms with Crippen LogP contribution in [0, 0.1) is 0 Å². The second-order valence-corrected chi connectivity index (χ2v) is 5.70. The summed E-state index contributed by atoms with van der Waals surface area (Å²) in [6.45, 7) is 3.87. The van der Waals surface area contributed by atoms with Crippen molar-refractivity contribution < 1.29 is 18.6 Å². The van der Waals surface area contributed by atoms with E-state index in [1.54, 1.807) is 11.0 Å². The number of rotatable bonds is 6. The van der Waals surface area contributed by atoms with E-state index >= 15 is 0 Å². The van der Waals surface area contributed by atoms with Gasteiger partial charge in [-0.2, -0.15) is 5.10 Å². The van der Waals surface area contributed by atoms with Crippen molar-refractivity contribution in [2.24, 2.45) is 0 Å². The first-order valence-electron chi connectivity index (χ1n) is 8.00. The molecule has 0 spiro atoms. The van der Waals surface area contributed by atoms with E-state index in [-0.39, 0.29) is 6.10 Å². The third-order valence-corrected chi connectivity index (χ3v) is 4.00. The first-order chi connectivity index (χ1) is 11.8. The van der Waals surface area contributed by atoms with Crippen LogP contribution >= 0.6 is 0 Å². The molecule has 126 valence electrons. The minimum atomic E-state index is -1.03. The lowest BCUT2D eigenvalue weighted by molar-refractivity contribution is -0.203. The molecule has 4 rings (SSSR count). The summed E-state index contributed by atoms with van der Waals surface area (Å²) in [6, 6.07) is 9.79. The topological polar surface area (TPSA) is 71.5 Å². The molecule has 0 aliphatic carbocycles. The SMILES string of the molecule is CCOC[C@@H]1CO[C@](Cn2cncn2)(c2cc3ccccc3o2)O1. The van der Waals surface area contributed by atoms with Crippen molar-refractivity contribution in [2.45, 2.75) is 25.4 Å². The third kappa shape index (κ3) is 2.82. The number of hydrogen-bond acceptors (Lipinski definition) is 6. The Labute approximate surface area is 139 Å². The van der Waals surface area contributed by atoms with Crippen molar-refractivity contribution in [2.75, 3.05) is 19.8 Å². The summed E-state index contributed by atoms with van der Waals surface area (Å²) in [4.78, 5) is 3.99. The zero-order valence-electron chi connectivity index (χ0n) is 13.4. The van der Waals surface area contributed by atoms with Crippen LogP contribution in [0.1, 0.15) is 12.7 Å². The lowest BCUT2D eigenvalue weighted by Gasteiger charge is -2.25. The van der Waals surface area contributed by atoms with E-state index in [0.717, 1.165) is 11.0 Å². The Morgan fingerprint density at radius 3 is 3.08 bits per heavy atom. The first kappa shape index (κ1) is 15.3. The largest absolute Gasteiger partial charge is 0.455 e. The fraction of sp³-hybridized carbons (Fsp3) is 0.412. The fourth-order valence-corrected chi connectivity index (χ4v) is 2.88. The molecule has 1 aliphatic rings. The second-order valence-electron chi connectivity index (χ2n) is 5.70. The standard InChI is InChI=1S/C17H19N3O4/c1-2-21-8-14-9-22-17(24-14,10-20-12-18-11-19-20)16-7-13-5-3-4-6-15(13)23-16/h3-7,11-12,14H,2,8-10H2,1H3/t14-,17+/m1/s1. The number of benzene rings is 1. The fourth-order valence-electron chi connectivity index (χ4n) is 2.88. The van der Waals surface area contributed by atoms with Gasteiger partial charge < -0.3 is 18.6 Å². The van der Waals surface area contributed by atoms with Crippen molar-refractivity contribution >= 4 is 11.0 Å². The molecule has 1 saturated heterocycles. The zero-order valence-corrected chi connectivity index (χ0v) is 13.4. The van der Waals surface area contributed by atoms with Gasteiger partial charge in [0.2, 0.25) is 5.79 Å². The molecule has 0 radical (unpaired) electrons. The van der Waals surface area contributed by atoms with Gasteiger partial charge in [-0.05, 0) is 19.1 Å². The number of aromatic nitrogens is 3. The second kappa shape index (κ2) is 6.35. The highest BCUT2D eigenvalue weighted by molar-refractivity contribution is 5.77. The normalized spacial score (nSPS) is 24.0. The quantitative estimate of drug-likeness (QED) is 0.691. The molecule has 1 fully saturated rings. The number of hydrogen-bond donors (Lipinski definition) is 0. The molecule has 0 bridgehead atoms. The van der Waals surface area contributed by atoms with Crippen molar-refractivity contribution in [3.8, 4) is 0 Å². The molecule has 0 unspecified atom stereocenters. The highest BCUT2D eigenvalue weighted by Gasteiger charge is 2.47. The Morgan fingerprint density at radius 2 is 2.29 bits per heavy atom. The minimum Gasteiger partial charge on any atom is -0.455 e. The molecule has 1 aromatic carbocycles. The van der Waals surface area contributed by atoms with Crippen LogP contribution in [0.25, 0.3) is 11.0 Å². The summed E-state index contributed by atoms with van der Waals surface area (Å²) in [5, 5.41) is 5.17. The van der Waals surface area contributed by atoms with E-state index in [9.17, 15) is 0 Å². The Balaban J connectivity index is 1.67. The maximum atomic E-state index is 6.21. The van der Waals surface area contributed by atoms with Crippen molar-refractivity contribution in [3.05, 3.63) is 48.7 Å². The van der Waals surface area contributed by atoms with E-state index in [1.807, 2.05) is 37.3 Å². The summed E-state index contributed by atoms with van der Waals surface area (Å²) in [5.41, 5.74) is 0.797. The van der Waals surface area contributed by atoms with Gasteiger partial charge in [-0.1, -0.05) is 18.2 Å². The van der Waals surface area contributed by atoms with E-state index in [1.165, 1.54) is 6.33 Å². The summed E-state index contributed by atoms with van der Waals surface area (Å²) < 4.78 is 25.4. The van der Waals surface area contributed by atoms with Gasteiger partial charge >= 0.3 is 0 Å². The van der Waals surface area contributed by atoms with E-state index in [2.05, 4.69) is 10.1 Å². The molecule has 0 saturated carbocycles. The number of fused-ring (bicyclic) bond motifs is 1. The molecule has 24 heavy (non-hydrogen) atoms. The van der Waals surface area contributed by atoms with Gasteiger partial charge in [-0.3, -0.25) is 0 Å². The van der Waals surface area contributed by atoms with Gasteiger partial charge in [-0.25, -0.2) is 9.67 Å². The summed E-state index contributed by atoms with van der Waals surface area (Å²) in [6.07, 6.45) is 2.97. The van der Waals surface area contributed by atoms with Crippen molar-refractivity contribution in [3.63, 3.8) is 0 Å². The minimum absolute atomic E-state index is 0.151. The van der Waals surface area contributed by atoms with Crippen LogP contribution < -0.4 is 0 Å². The van der Waals surface area contributed by atoms with Crippen LogP contribution in [0.5, 0.6) is 0 Å². The summed E-state index contributed by atoms with van der Waals surface area (Å²) in [7, 11) is 0. The smallest absolute Gasteiger partial charge is 0.249 e. The Kier molecular flexibility index (Phi) is 4.05. The molecule has 0 N–H and O–H groups in total. The van der Waals surface area contributed by atoms with Crippen molar-refractivity contribution in [1.29, 1.82) is 0 Å². The number of para-hydroxylation sites is 1. The van der Waals surface area contributed by atoms with Gasteiger partial charge in [0, 0.05) is 12.0 Å². The Hall–Kier alpha value is -2.22. The predicted octanol–water partition coefficient (Wildman–Crippen LogP) is 2.33. The Morgan fingerprint density at radius 1 is 1.38 bits per heavy atom. The molecular formula is C17H19N3O4. The molecule has 7 heteroatoms. The van der Waals surface area contributed by atoms with Gasteiger partial charge in [0.05, 0.1) is 13.2 Å². The molecule has 0 amide bonds. The molecular weight excluding hydrogens is 310 g/mol. The van der Waals surface area contributed by atoms with Crippen LogP contribution in [0.3, 0.4) is 0 Å². The lowest BCUT2D eigenvalue weighted by atomic mass is 10.2. The first-order valence-corrected chi connectivity index (χ1v) is 8.00. The lowest BCUT2D eigenvalue weighted by Crippen LogP contribution is -2.34. The van der Waals surface area contributed by atoms with Crippen LogP contribution in [0.4, 0.5) is 0 Å². The maximum Gasteiger partial charge on any atom is 0.249 e. The maximum absolute atomic E-state index is 6.21. The van der Waals surface area contributed by atoms with Crippen molar-refractivity contribution in [1.82, 2.24) is 14.8 Å². The number of nitrogens with zero attached hydrogens (tertiary/aromatic N) is 3. The van der Waals surface area contributed by atoms with E-state index in [4.69, 9.17) is 18.6 Å². The number of furan rings is 1. The monoisotopic (exact) mass is 329 g/mol. The highest BCUT2D eigenvalue weighted by atomic mass is 16.8. The van der Waals surface area contributed by atoms with Crippen LogP contribution in [-0.2, 0) is 26.5 Å². The highest BCUT2D eigenvalue weighted by Crippen LogP contribution is 2.38. The molecule has 3 heterocycles. The molecule has 2 aromatic heterocycles. The zero-order chi connectivity index (χ0) is 16.4. The predicted molar refractivity (Wildman–Crippen MR) is 85.2 cm³/mol.